The second-order valence-corrected chi connectivity index (χ2v) is 8.10. The van der Waals surface area contributed by atoms with Gasteiger partial charge in [0.15, 0.2) is 0 Å². The van der Waals surface area contributed by atoms with Crippen LogP contribution in [0.4, 0.5) is 30.7 Å². The maximum atomic E-state index is 13.1. The van der Waals surface area contributed by atoms with Gasteiger partial charge in [-0.2, -0.15) is 26.3 Å². The zero-order chi connectivity index (χ0) is 28.5. The fourth-order valence-corrected chi connectivity index (χ4v) is 3.65. The van der Waals surface area contributed by atoms with Gasteiger partial charge in [0, 0.05) is 31.2 Å². The maximum absolute atomic E-state index is 13.1. The number of carboxylic acids is 2. The van der Waals surface area contributed by atoms with Crippen molar-refractivity contribution >= 4 is 11.9 Å². The molecule has 2 aliphatic rings. The molecule has 210 valence electrons. The summed E-state index contributed by atoms with van der Waals surface area (Å²) in [5.74, 6) is -5.31. The average Bonchev–Trinajstić information content (AvgIpc) is 3.44. The van der Waals surface area contributed by atoms with E-state index in [4.69, 9.17) is 29.3 Å². The Hall–Kier alpha value is -3.30. The first-order valence-corrected chi connectivity index (χ1v) is 10.9. The van der Waals surface area contributed by atoms with Crippen LogP contribution in [-0.4, -0.2) is 76.3 Å². The lowest BCUT2D eigenvalue weighted by Gasteiger charge is -2.22. The molecule has 0 amide bonds. The number of pyridine rings is 1. The quantitative estimate of drug-likeness (QED) is 0.534. The third kappa shape index (κ3) is 9.87. The summed E-state index contributed by atoms with van der Waals surface area (Å²) in [6.45, 7) is 3.70. The maximum Gasteiger partial charge on any atom is 0.490 e. The van der Waals surface area contributed by atoms with E-state index in [1.165, 1.54) is 12.1 Å². The van der Waals surface area contributed by atoms with Crippen LogP contribution in [0, 0.1) is 11.7 Å². The Balaban J connectivity index is 0.000000301. The lowest BCUT2D eigenvalue weighted by Crippen LogP contribution is -2.32. The summed E-state index contributed by atoms with van der Waals surface area (Å²) in [7, 11) is 0. The third-order valence-electron chi connectivity index (χ3n) is 5.41. The van der Waals surface area contributed by atoms with Crippen molar-refractivity contribution < 1.29 is 60.0 Å². The van der Waals surface area contributed by atoms with Crippen molar-refractivity contribution in [2.45, 2.75) is 37.7 Å². The van der Waals surface area contributed by atoms with E-state index in [2.05, 4.69) is 9.88 Å². The van der Waals surface area contributed by atoms with Gasteiger partial charge in [-0.15, -0.1) is 0 Å². The predicted octanol–water partition coefficient (Wildman–Crippen LogP) is 3.90. The molecule has 0 radical (unpaired) electrons. The molecule has 1 aromatic heterocycles. The third-order valence-corrected chi connectivity index (χ3v) is 5.41. The van der Waals surface area contributed by atoms with Crippen molar-refractivity contribution in [2.24, 2.45) is 5.92 Å². The number of halogens is 7. The number of fused-ring (bicyclic) bond motifs is 1. The van der Waals surface area contributed by atoms with Gasteiger partial charge in [0.25, 0.3) is 0 Å². The van der Waals surface area contributed by atoms with Crippen molar-refractivity contribution in [1.29, 1.82) is 0 Å². The van der Waals surface area contributed by atoms with Gasteiger partial charge in [-0.3, -0.25) is 9.88 Å². The molecule has 3 atom stereocenters. The zero-order valence-corrected chi connectivity index (χ0v) is 19.5. The topological polar surface area (TPSA) is 109 Å². The Labute approximate surface area is 211 Å². The standard InChI is InChI=1S/C19H21FN2O2.2C2HF3O2/c20-15-6-4-14(5-7-15)9-22-10-19(17-12-23-13-18(17)22)24-11-16-3-1-2-8-21-16;2*3-2(4,5)1(6)7/h1-8,17-19H,9-13H2;2*(H,6,7)/t17-,18+,19+;;/m0../s1. The largest absolute Gasteiger partial charge is 0.490 e. The molecule has 2 N–H and O–H groups in total. The highest BCUT2D eigenvalue weighted by Gasteiger charge is 2.46. The normalized spacial score (nSPS) is 21.0. The predicted molar refractivity (Wildman–Crippen MR) is 115 cm³/mol. The van der Waals surface area contributed by atoms with Gasteiger partial charge in [-0.1, -0.05) is 18.2 Å². The summed E-state index contributed by atoms with van der Waals surface area (Å²) in [6.07, 6.45) is -8.23. The van der Waals surface area contributed by atoms with Gasteiger partial charge in [0.1, 0.15) is 5.82 Å². The summed E-state index contributed by atoms with van der Waals surface area (Å²) >= 11 is 0. The van der Waals surface area contributed by atoms with Gasteiger partial charge >= 0.3 is 24.3 Å². The van der Waals surface area contributed by atoms with E-state index in [0.29, 0.717) is 18.6 Å². The van der Waals surface area contributed by atoms with E-state index in [9.17, 15) is 30.7 Å². The highest BCUT2D eigenvalue weighted by molar-refractivity contribution is 5.73. The first-order chi connectivity index (χ1) is 17.7. The van der Waals surface area contributed by atoms with E-state index < -0.39 is 24.3 Å². The summed E-state index contributed by atoms with van der Waals surface area (Å²) in [6, 6.07) is 13.0. The Morgan fingerprint density at radius 3 is 2.05 bits per heavy atom. The van der Waals surface area contributed by atoms with Gasteiger partial charge in [-0.05, 0) is 29.8 Å². The summed E-state index contributed by atoms with van der Waals surface area (Å²) < 4.78 is 88.4. The molecular weight excluding hydrogens is 533 g/mol. The molecule has 0 spiro atoms. The summed E-state index contributed by atoms with van der Waals surface area (Å²) in [5, 5.41) is 14.2. The smallest absolute Gasteiger partial charge is 0.475 e. The van der Waals surface area contributed by atoms with Crippen LogP contribution in [-0.2, 0) is 32.2 Å². The number of rotatable bonds is 5. The van der Waals surface area contributed by atoms with Crippen LogP contribution in [0.5, 0.6) is 0 Å². The van der Waals surface area contributed by atoms with Gasteiger partial charge in [0.2, 0.25) is 0 Å². The van der Waals surface area contributed by atoms with Gasteiger partial charge in [0.05, 0.1) is 31.6 Å². The van der Waals surface area contributed by atoms with E-state index >= 15 is 0 Å². The van der Waals surface area contributed by atoms with E-state index in [-0.39, 0.29) is 11.9 Å². The minimum atomic E-state index is -5.08. The number of hydrogen-bond donors (Lipinski definition) is 2. The highest BCUT2D eigenvalue weighted by Crippen LogP contribution is 2.33. The van der Waals surface area contributed by atoms with Crippen molar-refractivity contribution in [3.05, 3.63) is 65.7 Å². The van der Waals surface area contributed by atoms with E-state index in [1.807, 2.05) is 30.3 Å². The van der Waals surface area contributed by atoms with Gasteiger partial charge < -0.3 is 19.7 Å². The molecular formula is C23H23F7N2O6. The molecule has 1 aromatic carbocycles. The first kappa shape index (κ1) is 30.9. The van der Waals surface area contributed by atoms with Gasteiger partial charge in [-0.25, -0.2) is 14.0 Å². The Morgan fingerprint density at radius 2 is 1.55 bits per heavy atom. The van der Waals surface area contributed by atoms with Crippen molar-refractivity contribution in [3.8, 4) is 0 Å². The molecule has 0 aliphatic carbocycles. The first-order valence-electron chi connectivity index (χ1n) is 10.9. The van der Waals surface area contributed by atoms with Crippen LogP contribution in [0.15, 0.2) is 48.7 Å². The molecule has 2 aliphatic heterocycles. The molecule has 15 heteroatoms. The lowest BCUT2D eigenvalue weighted by atomic mass is 10.0. The lowest BCUT2D eigenvalue weighted by molar-refractivity contribution is -0.193. The number of aromatic nitrogens is 1. The van der Waals surface area contributed by atoms with Crippen molar-refractivity contribution in [1.82, 2.24) is 9.88 Å². The van der Waals surface area contributed by atoms with Crippen LogP contribution in [0.25, 0.3) is 0 Å². The Morgan fingerprint density at radius 1 is 0.974 bits per heavy atom. The van der Waals surface area contributed by atoms with Crippen molar-refractivity contribution in [2.75, 3.05) is 19.8 Å². The number of aliphatic carboxylic acids is 2. The van der Waals surface area contributed by atoms with Crippen LogP contribution < -0.4 is 0 Å². The monoisotopic (exact) mass is 556 g/mol. The number of likely N-dealkylation sites (tertiary alicyclic amines) is 1. The van der Waals surface area contributed by atoms with Crippen LogP contribution >= 0.6 is 0 Å². The minimum absolute atomic E-state index is 0.153. The summed E-state index contributed by atoms with van der Waals surface area (Å²) in [5.41, 5.74) is 2.07. The number of hydrogen-bond acceptors (Lipinski definition) is 6. The minimum Gasteiger partial charge on any atom is -0.475 e. The molecule has 2 saturated heterocycles. The van der Waals surface area contributed by atoms with Crippen LogP contribution in [0.2, 0.25) is 0 Å². The number of carboxylic acid groups (broad SMARTS) is 2. The molecule has 38 heavy (non-hydrogen) atoms. The highest BCUT2D eigenvalue weighted by atomic mass is 19.4. The molecule has 4 rings (SSSR count). The molecule has 0 unspecified atom stereocenters. The van der Waals surface area contributed by atoms with Crippen LogP contribution in [0.3, 0.4) is 0 Å². The average molecular weight is 556 g/mol. The SMILES string of the molecule is Fc1ccc(CN2C[C@@H](OCc3ccccn3)[C@H]3COC[C@H]32)cc1.O=C(O)C(F)(F)F.O=C(O)C(F)(F)F. The van der Waals surface area contributed by atoms with Crippen LogP contribution in [0.1, 0.15) is 11.3 Å². The second kappa shape index (κ2) is 13.5. The number of alkyl halides is 6. The fourth-order valence-electron chi connectivity index (χ4n) is 3.65. The number of carbonyl (C=O) groups is 2. The number of nitrogens with zero attached hydrogens (tertiary/aromatic N) is 2. The molecule has 8 nitrogen and oxygen atoms in total. The van der Waals surface area contributed by atoms with Crippen molar-refractivity contribution in [3.63, 3.8) is 0 Å². The Bertz CT molecular complexity index is 1010. The second-order valence-electron chi connectivity index (χ2n) is 8.10. The molecule has 2 aromatic rings. The van der Waals surface area contributed by atoms with E-state index in [1.54, 1.807) is 6.20 Å². The number of benzene rings is 1. The molecule has 3 heterocycles. The Kier molecular flexibility index (Phi) is 11.0. The molecule has 0 bridgehead atoms. The molecule has 0 saturated carbocycles. The zero-order valence-electron chi connectivity index (χ0n) is 19.5. The molecule has 2 fully saturated rings. The number of ether oxygens (including phenoxy) is 2. The van der Waals surface area contributed by atoms with E-state index in [0.717, 1.165) is 37.6 Å². The fraction of sp³-hybridized carbons (Fsp3) is 0.435. The summed E-state index contributed by atoms with van der Waals surface area (Å²) in [4.78, 5) is 24.5.